The molecule has 1 aromatic carbocycles. The third-order valence-corrected chi connectivity index (χ3v) is 2.30. The molecule has 1 amide bonds. The van der Waals surface area contributed by atoms with Crippen LogP contribution in [0.1, 0.15) is 26.3 Å². The van der Waals surface area contributed by atoms with Gasteiger partial charge in [0.15, 0.2) is 0 Å². The molecule has 112 valence electrons. The Labute approximate surface area is 117 Å². The summed E-state index contributed by atoms with van der Waals surface area (Å²) < 4.78 is 31.1. The fourth-order valence-corrected chi connectivity index (χ4v) is 1.46. The van der Waals surface area contributed by atoms with Gasteiger partial charge in [0.25, 0.3) is 0 Å². The molecule has 0 aliphatic rings. The van der Waals surface area contributed by atoms with E-state index < -0.39 is 23.3 Å². The van der Waals surface area contributed by atoms with Crippen LogP contribution in [0.3, 0.4) is 0 Å². The molecule has 0 heterocycles. The van der Waals surface area contributed by atoms with E-state index in [4.69, 9.17) is 4.74 Å². The maximum absolute atomic E-state index is 13.3. The number of ether oxygens (including phenoxy) is 1. The maximum atomic E-state index is 13.3. The van der Waals surface area contributed by atoms with Crippen LogP contribution in [0.5, 0.6) is 0 Å². The van der Waals surface area contributed by atoms with Crippen LogP contribution < -0.4 is 10.6 Å². The smallest absolute Gasteiger partial charge is 0.407 e. The standard InChI is InChI=1S/C14H20F2N2O2/c1-14(2,3)20-13(19)18-7-6-17-9-10-4-5-11(15)8-12(10)16/h4-5,8,17H,6-7,9H2,1-3H3,(H,18,19). The molecule has 0 fully saturated rings. The molecule has 0 unspecified atom stereocenters. The van der Waals surface area contributed by atoms with Crippen molar-refractivity contribution in [3.8, 4) is 0 Å². The average molecular weight is 286 g/mol. The molecular formula is C14H20F2N2O2. The van der Waals surface area contributed by atoms with E-state index in [1.165, 1.54) is 12.1 Å². The van der Waals surface area contributed by atoms with E-state index >= 15 is 0 Å². The van der Waals surface area contributed by atoms with Gasteiger partial charge in [0, 0.05) is 31.3 Å². The fourth-order valence-electron chi connectivity index (χ4n) is 1.46. The molecule has 0 saturated carbocycles. The van der Waals surface area contributed by atoms with Crippen molar-refractivity contribution >= 4 is 6.09 Å². The monoisotopic (exact) mass is 286 g/mol. The Morgan fingerprint density at radius 2 is 1.95 bits per heavy atom. The summed E-state index contributed by atoms with van der Waals surface area (Å²) in [5.74, 6) is -1.18. The number of rotatable bonds is 5. The van der Waals surface area contributed by atoms with E-state index in [1.54, 1.807) is 20.8 Å². The Morgan fingerprint density at radius 3 is 2.55 bits per heavy atom. The summed E-state index contributed by atoms with van der Waals surface area (Å²) >= 11 is 0. The summed E-state index contributed by atoms with van der Waals surface area (Å²) in [7, 11) is 0. The van der Waals surface area contributed by atoms with Gasteiger partial charge in [-0.2, -0.15) is 0 Å². The number of nitrogens with one attached hydrogen (secondary N) is 2. The highest BCUT2D eigenvalue weighted by atomic mass is 19.1. The highest BCUT2D eigenvalue weighted by Crippen LogP contribution is 2.09. The van der Waals surface area contributed by atoms with Crippen molar-refractivity contribution in [2.75, 3.05) is 13.1 Å². The quantitative estimate of drug-likeness (QED) is 0.818. The summed E-state index contributed by atoms with van der Waals surface area (Å²) in [5.41, 5.74) is -0.155. The molecule has 0 bridgehead atoms. The van der Waals surface area contributed by atoms with Crippen LogP contribution in [-0.2, 0) is 11.3 Å². The molecular weight excluding hydrogens is 266 g/mol. The average Bonchev–Trinajstić information content (AvgIpc) is 2.28. The minimum absolute atomic E-state index is 0.266. The molecule has 0 aromatic heterocycles. The van der Waals surface area contributed by atoms with Gasteiger partial charge in [-0.3, -0.25) is 0 Å². The Hall–Kier alpha value is -1.69. The number of benzene rings is 1. The highest BCUT2D eigenvalue weighted by molar-refractivity contribution is 5.67. The van der Waals surface area contributed by atoms with Crippen molar-refractivity contribution < 1.29 is 18.3 Å². The van der Waals surface area contributed by atoms with Gasteiger partial charge >= 0.3 is 6.09 Å². The number of halogens is 2. The van der Waals surface area contributed by atoms with Gasteiger partial charge < -0.3 is 15.4 Å². The lowest BCUT2D eigenvalue weighted by molar-refractivity contribution is 0.0528. The molecule has 1 aromatic rings. The van der Waals surface area contributed by atoms with E-state index in [0.717, 1.165) is 6.07 Å². The summed E-state index contributed by atoms with van der Waals surface area (Å²) in [6, 6.07) is 3.44. The van der Waals surface area contributed by atoms with Crippen LogP contribution in [0.15, 0.2) is 18.2 Å². The number of carbonyl (C=O) groups excluding carboxylic acids is 1. The molecule has 0 spiro atoms. The molecule has 0 radical (unpaired) electrons. The molecule has 6 heteroatoms. The zero-order valence-electron chi connectivity index (χ0n) is 11.9. The van der Waals surface area contributed by atoms with Crippen molar-refractivity contribution in [2.24, 2.45) is 0 Å². The van der Waals surface area contributed by atoms with Crippen LogP contribution in [0, 0.1) is 11.6 Å². The van der Waals surface area contributed by atoms with Crippen molar-refractivity contribution in [3.63, 3.8) is 0 Å². The van der Waals surface area contributed by atoms with Gasteiger partial charge in [-0.1, -0.05) is 6.07 Å². The lowest BCUT2D eigenvalue weighted by atomic mass is 10.2. The third kappa shape index (κ3) is 6.47. The lowest BCUT2D eigenvalue weighted by Gasteiger charge is -2.19. The Bertz CT molecular complexity index is 459. The van der Waals surface area contributed by atoms with Gasteiger partial charge in [-0.25, -0.2) is 13.6 Å². The number of hydrogen-bond donors (Lipinski definition) is 2. The zero-order chi connectivity index (χ0) is 15.2. The topological polar surface area (TPSA) is 50.4 Å². The first kappa shape index (κ1) is 16.4. The summed E-state index contributed by atoms with van der Waals surface area (Å²) in [6.45, 7) is 6.42. The van der Waals surface area contributed by atoms with E-state index in [9.17, 15) is 13.6 Å². The van der Waals surface area contributed by atoms with Crippen molar-refractivity contribution in [1.82, 2.24) is 10.6 Å². The molecule has 0 aliphatic carbocycles. The molecule has 20 heavy (non-hydrogen) atoms. The van der Waals surface area contributed by atoms with Crippen molar-refractivity contribution in [2.45, 2.75) is 32.9 Å². The molecule has 2 N–H and O–H groups in total. The number of amides is 1. The first-order valence-corrected chi connectivity index (χ1v) is 6.39. The molecule has 0 aliphatic heterocycles. The minimum Gasteiger partial charge on any atom is -0.444 e. The number of alkyl carbamates (subject to hydrolysis) is 1. The molecule has 0 saturated heterocycles. The Morgan fingerprint density at radius 1 is 1.25 bits per heavy atom. The maximum Gasteiger partial charge on any atom is 0.407 e. The summed E-state index contributed by atoms with van der Waals surface area (Å²) in [4.78, 5) is 11.3. The van der Waals surface area contributed by atoms with Crippen LogP contribution in [0.2, 0.25) is 0 Å². The SMILES string of the molecule is CC(C)(C)OC(=O)NCCNCc1ccc(F)cc1F. The Balaban J connectivity index is 2.21. The summed E-state index contributed by atoms with van der Waals surface area (Å²) in [6.07, 6.45) is -0.493. The van der Waals surface area contributed by atoms with Gasteiger partial charge in [-0.05, 0) is 26.8 Å². The van der Waals surface area contributed by atoms with Gasteiger partial charge in [0.2, 0.25) is 0 Å². The minimum atomic E-state index is -0.599. The number of hydrogen-bond acceptors (Lipinski definition) is 3. The first-order chi connectivity index (χ1) is 9.28. The van der Waals surface area contributed by atoms with E-state index in [2.05, 4.69) is 10.6 Å². The van der Waals surface area contributed by atoms with Crippen molar-refractivity contribution in [3.05, 3.63) is 35.4 Å². The second-order valence-corrected chi connectivity index (χ2v) is 5.34. The van der Waals surface area contributed by atoms with Crippen LogP contribution in [0.4, 0.5) is 13.6 Å². The normalized spacial score (nSPS) is 11.2. The van der Waals surface area contributed by atoms with Crippen LogP contribution in [0.25, 0.3) is 0 Å². The number of carbonyl (C=O) groups is 1. The van der Waals surface area contributed by atoms with Crippen LogP contribution in [-0.4, -0.2) is 24.8 Å². The highest BCUT2D eigenvalue weighted by Gasteiger charge is 2.15. The molecule has 4 nitrogen and oxygen atoms in total. The molecule has 0 atom stereocenters. The van der Waals surface area contributed by atoms with E-state index in [0.29, 0.717) is 18.7 Å². The van der Waals surface area contributed by atoms with Gasteiger partial charge in [-0.15, -0.1) is 0 Å². The Kier molecular flexibility index (Phi) is 5.88. The lowest BCUT2D eigenvalue weighted by Crippen LogP contribution is -2.36. The zero-order valence-corrected chi connectivity index (χ0v) is 11.9. The largest absolute Gasteiger partial charge is 0.444 e. The fraction of sp³-hybridized carbons (Fsp3) is 0.500. The second-order valence-electron chi connectivity index (χ2n) is 5.34. The summed E-state index contributed by atoms with van der Waals surface area (Å²) in [5, 5.41) is 5.52. The van der Waals surface area contributed by atoms with E-state index in [1.807, 2.05) is 0 Å². The van der Waals surface area contributed by atoms with Gasteiger partial charge in [0.05, 0.1) is 0 Å². The molecule has 1 rings (SSSR count). The third-order valence-electron chi connectivity index (χ3n) is 2.30. The predicted molar refractivity (Wildman–Crippen MR) is 72.3 cm³/mol. The predicted octanol–water partition coefficient (Wildman–Crippen LogP) is 2.58. The van der Waals surface area contributed by atoms with E-state index in [-0.39, 0.29) is 6.54 Å². The second kappa shape index (κ2) is 7.19. The van der Waals surface area contributed by atoms with Gasteiger partial charge in [0.1, 0.15) is 17.2 Å². The first-order valence-electron chi connectivity index (χ1n) is 6.39. The van der Waals surface area contributed by atoms with Crippen LogP contribution >= 0.6 is 0 Å². The van der Waals surface area contributed by atoms with Crippen molar-refractivity contribution in [1.29, 1.82) is 0 Å².